The largest absolute Gasteiger partial charge is 0.379 e. The molecule has 44 heavy (non-hydrogen) atoms. The first kappa shape index (κ1) is 35.0. The minimum absolute atomic E-state index is 0.268. The fourth-order valence-corrected chi connectivity index (χ4v) is 6.79. The lowest BCUT2D eigenvalue weighted by Crippen LogP contribution is -2.58. The van der Waals surface area contributed by atoms with Gasteiger partial charge >= 0.3 is 0 Å². The lowest BCUT2D eigenvalue weighted by Gasteiger charge is -2.46. The zero-order chi connectivity index (χ0) is 31.1. The van der Waals surface area contributed by atoms with Gasteiger partial charge in [-0.2, -0.15) is 0 Å². The molecule has 7 heteroatoms. The van der Waals surface area contributed by atoms with Crippen LogP contribution in [0.1, 0.15) is 101 Å². The Balaban J connectivity index is 1.67. The molecule has 4 rings (SSSR count). The Kier molecular flexibility index (Phi) is 15.1. The summed E-state index contributed by atoms with van der Waals surface area (Å²) in [5, 5.41) is 1.22. The molecule has 0 spiro atoms. The summed E-state index contributed by atoms with van der Waals surface area (Å²) in [6.07, 6.45) is 6.62. The average Bonchev–Trinajstić information content (AvgIpc) is 3.43. The van der Waals surface area contributed by atoms with Crippen LogP contribution < -0.4 is 0 Å². The molecule has 0 aliphatic carbocycles. The molecular formula is C37H53FO5S. The predicted octanol–water partition coefficient (Wildman–Crippen LogP) is 9.44. The van der Waals surface area contributed by atoms with Gasteiger partial charge < -0.3 is 23.7 Å². The number of rotatable bonds is 20. The number of hydrogen-bond acceptors (Lipinski definition) is 6. The quantitative estimate of drug-likeness (QED) is 0.117. The number of halogens is 1. The summed E-state index contributed by atoms with van der Waals surface area (Å²) < 4.78 is 49.4. The van der Waals surface area contributed by atoms with Gasteiger partial charge in [-0.3, -0.25) is 0 Å². The smallest absolute Gasteiger partial charge is 0.123 e. The van der Waals surface area contributed by atoms with Crippen LogP contribution in [0.2, 0.25) is 0 Å². The Labute approximate surface area is 268 Å². The van der Waals surface area contributed by atoms with Gasteiger partial charge in [-0.25, -0.2) is 4.39 Å². The zero-order valence-electron chi connectivity index (χ0n) is 27.2. The fraction of sp³-hybridized carbons (Fsp3) is 0.622. The molecule has 1 aliphatic rings. The molecule has 2 aromatic carbocycles. The highest BCUT2D eigenvalue weighted by molar-refractivity contribution is 7.19. The van der Waals surface area contributed by atoms with Gasteiger partial charge in [-0.05, 0) is 66.5 Å². The maximum Gasteiger partial charge on any atom is 0.123 e. The van der Waals surface area contributed by atoms with Crippen molar-refractivity contribution in [3.05, 3.63) is 70.4 Å². The summed E-state index contributed by atoms with van der Waals surface area (Å²) in [4.78, 5) is 1.20. The molecule has 0 N–H and O–H groups in total. The molecular weight excluding hydrogens is 575 g/mol. The maximum atomic E-state index is 15.4. The van der Waals surface area contributed by atoms with Crippen LogP contribution in [-0.4, -0.2) is 57.5 Å². The first-order valence-corrected chi connectivity index (χ1v) is 17.7. The van der Waals surface area contributed by atoms with Gasteiger partial charge in [0, 0.05) is 42.4 Å². The van der Waals surface area contributed by atoms with Gasteiger partial charge in [-0.15, -0.1) is 11.3 Å². The molecule has 1 unspecified atom stereocenters. The van der Waals surface area contributed by atoms with Crippen molar-refractivity contribution in [3.8, 4) is 0 Å². The summed E-state index contributed by atoms with van der Waals surface area (Å²) in [5.74, 6) is -0.268. The number of benzene rings is 2. The summed E-state index contributed by atoms with van der Waals surface area (Å²) in [5.41, 5.74) is 1.69. The highest BCUT2D eigenvalue weighted by atomic mass is 32.1. The molecule has 1 fully saturated rings. The van der Waals surface area contributed by atoms with Crippen molar-refractivity contribution in [3.63, 3.8) is 0 Å². The van der Waals surface area contributed by atoms with Crippen LogP contribution >= 0.6 is 11.3 Å². The molecule has 0 bridgehead atoms. The molecule has 5 nitrogen and oxygen atoms in total. The normalized spacial score (nSPS) is 22.2. The predicted molar refractivity (Wildman–Crippen MR) is 178 cm³/mol. The van der Waals surface area contributed by atoms with Crippen LogP contribution in [0, 0.1) is 5.82 Å². The number of ether oxygens (including phenoxy) is 5. The zero-order valence-corrected chi connectivity index (χ0v) is 28.0. The monoisotopic (exact) mass is 628 g/mol. The Morgan fingerprint density at radius 2 is 1.36 bits per heavy atom. The van der Waals surface area contributed by atoms with E-state index in [1.807, 2.05) is 0 Å². The topological polar surface area (TPSA) is 46.2 Å². The average molecular weight is 629 g/mol. The van der Waals surface area contributed by atoms with Gasteiger partial charge in [0.25, 0.3) is 0 Å². The van der Waals surface area contributed by atoms with Crippen LogP contribution in [0.4, 0.5) is 4.39 Å². The molecule has 5 atom stereocenters. The molecule has 3 aromatic rings. The molecule has 0 amide bonds. The van der Waals surface area contributed by atoms with E-state index in [1.165, 1.54) is 15.0 Å². The van der Waals surface area contributed by atoms with E-state index < -0.39 is 12.2 Å². The lowest BCUT2D eigenvalue weighted by molar-refractivity contribution is -0.268. The minimum atomic E-state index is -0.513. The van der Waals surface area contributed by atoms with Gasteiger partial charge in [0.15, 0.2) is 0 Å². The molecule has 1 aromatic heterocycles. The van der Waals surface area contributed by atoms with E-state index in [0.717, 1.165) is 62.5 Å². The van der Waals surface area contributed by atoms with E-state index >= 15 is 4.39 Å². The summed E-state index contributed by atoms with van der Waals surface area (Å²) in [7, 11) is 0. The van der Waals surface area contributed by atoms with Crippen molar-refractivity contribution >= 4 is 21.4 Å². The van der Waals surface area contributed by atoms with E-state index in [4.69, 9.17) is 23.7 Å². The van der Waals surface area contributed by atoms with E-state index in [9.17, 15) is 0 Å². The van der Waals surface area contributed by atoms with Crippen LogP contribution in [0.3, 0.4) is 0 Å². The van der Waals surface area contributed by atoms with E-state index in [2.05, 4.69) is 64.1 Å². The summed E-state index contributed by atoms with van der Waals surface area (Å²) >= 11 is 1.76. The highest BCUT2D eigenvalue weighted by Gasteiger charge is 2.48. The molecule has 2 heterocycles. The number of hydrogen-bond donors (Lipinski definition) is 0. The second-order valence-corrected chi connectivity index (χ2v) is 13.1. The summed E-state index contributed by atoms with van der Waals surface area (Å²) in [6.45, 7) is 11.5. The second kappa shape index (κ2) is 18.9. The van der Waals surface area contributed by atoms with Crippen molar-refractivity contribution in [2.45, 2.75) is 116 Å². The van der Waals surface area contributed by atoms with E-state index in [0.29, 0.717) is 39.5 Å². The van der Waals surface area contributed by atoms with Crippen molar-refractivity contribution in [1.82, 2.24) is 0 Å². The van der Waals surface area contributed by atoms with E-state index in [-0.39, 0.29) is 24.1 Å². The lowest BCUT2D eigenvalue weighted by atomic mass is 9.89. The van der Waals surface area contributed by atoms with Crippen molar-refractivity contribution in [1.29, 1.82) is 0 Å². The third kappa shape index (κ3) is 10.1. The minimum Gasteiger partial charge on any atom is -0.379 e. The van der Waals surface area contributed by atoms with Gasteiger partial charge in [0.1, 0.15) is 36.3 Å². The van der Waals surface area contributed by atoms with Crippen molar-refractivity contribution in [2.24, 2.45) is 0 Å². The first-order chi connectivity index (χ1) is 21.6. The van der Waals surface area contributed by atoms with Crippen molar-refractivity contribution < 1.29 is 28.1 Å². The first-order valence-electron chi connectivity index (χ1n) is 16.9. The second-order valence-electron chi connectivity index (χ2n) is 11.9. The van der Waals surface area contributed by atoms with Gasteiger partial charge in [-0.1, -0.05) is 77.6 Å². The number of fused-ring (bicyclic) bond motifs is 1. The number of unbranched alkanes of at least 4 members (excludes halogenated alkanes) is 4. The number of thiophene rings is 1. The molecule has 0 radical (unpaired) electrons. The van der Waals surface area contributed by atoms with E-state index in [1.54, 1.807) is 23.5 Å². The standard InChI is InChI=1S/C37H53FO5S/c1-5-9-17-39-26-32-35(40-18-10-6-2)37(42-20-12-8-4)36(41-19-11-7-3)34(43-32)29-21-27(22-30(38)24-29)23-31-25-28-15-13-14-16-33(28)44-31/h13-16,21-22,24-25,32,34-37H,5-12,17-20,23,26H2,1-4H3/t32-,34+,35-,36+,37?/m1/s1. The molecule has 1 aliphatic heterocycles. The molecule has 0 saturated carbocycles. The Hall–Kier alpha value is -1.87. The molecule has 244 valence electrons. The fourth-order valence-electron chi connectivity index (χ4n) is 5.69. The van der Waals surface area contributed by atoms with Crippen LogP contribution in [0.5, 0.6) is 0 Å². The Bertz CT molecular complexity index is 1200. The SMILES string of the molecule is CCCCOC[C@H]1O[C@@H](c2cc(F)cc(Cc3cc4ccccc4s3)c2)[C@H](OCCCC)C(OCCCC)[C@@H]1OCCCC. The van der Waals surface area contributed by atoms with Crippen molar-refractivity contribution in [2.75, 3.05) is 33.0 Å². The summed E-state index contributed by atoms with van der Waals surface area (Å²) in [6, 6.07) is 15.9. The maximum absolute atomic E-state index is 15.4. The van der Waals surface area contributed by atoms with Gasteiger partial charge in [0.05, 0.1) is 6.61 Å². The highest BCUT2D eigenvalue weighted by Crippen LogP contribution is 2.39. The van der Waals surface area contributed by atoms with Crippen LogP contribution in [0.25, 0.3) is 10.1 Å². The van der Waals surface area contributed by atoms with Crippen LogP contribution in [-0.2, 0) is 30.1 Å². The van der Waals surface area contributed by atoms with Gasteiger partial charge in [0.2, 0.25) is 0 Å². The Morgan fingerprint density at radius 1 is 0.727 bits per heavy atom. The molecule has 1 saturated heterocycles. The Morgan fingerprint density at radius 3 is 2.05 bits per heavy atom. The van der Waals surface area contributed by atoms with Crippen LogP contribution in [0.15, 0.2) is 48.5 Å². The third-order valence-corrected chi connectivity index (χ3v) is 9.26. The third-order valence-electron chi connectivity index (χ3n) is 8.15.